The maximum absolute atomic E-state index is 2.38. The van der Waals surface area contributed by atoms with Crippen LogP contribution in [0.4, 0.5) is 0 Å². The van der Waals surface area contributed by atoms with Crippen molar-refractivity contribution in [3.8, 4) is 0 Å². The van der Waals surface area contributed by atoms with Gasteiger partial charge in [0.05, 0.1) is 0 Å². The summed E-state index contributed by atoms with van der Waals surface area (Å²) in [5, 5.41) is 0. The van der Waals surface area contributed by atoms with E-state index < -0.39 is 0 Å². The molecule has 16 heavy (non-hydrogen) atoms. The molecule has 2 rings (SSSR count). The van der Waals surface area contributed by atoms with E-state index in [1.165, 1.54) is 31.6 Å². The minimum atomic E-state index is 1.07. The Kier molecular flexibility index (Phi) is 10.2. The van der Waals surface area contributed by atoms with Crippen molar-refractivity contribution < 1.29 is 0 Å². The van der Waals surface area contributed by atoms with E-state index in [-0.39, 0.29) is 0 Å². The summed E-state index contributed by atoms with van der Waals surface area (Å²) in [5.41, 5.74) is 0. The summed E-state index contributed by atoms with van der Waals surface area (Å²) in [6, 6.07) is 0. The molecule has 0 aromatic heterocycles. The highest BCUT2D eigenvalue weighted by Crippen LogP contribution is 2.46. The number of hydrogen-bond acceptors (Lipinski definition) is 0. The summed E-state index contributed by atoms with van der Waals surface area (Å²) in [7, 11) is 0. The summed E-state index contributed by atoms with van der Waals surface area (Å²) >= 11 is 0. The van der Waals surface area contributed by atoms with Gasteiger partial charge in [0, 0.05) is 0 Å². The van der Waals surface area contributed by atoms with Crippen LogP contribution in [0.5, 0.6) is 0 Å². The number of unbranched alkanes of at least 4 members (excludes halogenated alkanes) is 2. The number of hydrogen-bond donors (Lipinski definition) is 0. The molecule has 0 nitrogen and oxygen atoms in total. The first-order chi connectivity index (χ1) is 7.77. The highest BCUT2D eigenvalue weighted by atomic mass is 14.4. The van der Waals surface area contributed by atoms with Gasteiger partial charge >= 0.3 is 0 Å². The van der Waals surface area contributed by atoms with Gasteiger partial charge in [-0.1, -0.05) is 73.1 Å². The molecule has 0 heterocycles. The molecule has 0 aliphatic heterocycles. The minimum Gasteiger partial charge on any atom is -0.0683 e. The van der Waals surface area contributed by atoms with E-state index in [0.29, 0.717) is 0 Å². The van der Waals surface area contributed by atoms with Gasteiger partial charge in [-0.15, -0.1) is 0 Å². The average molecular weight is 226 g/mol. The first-order valence-corrected chi connectivity index (χ1v) is 7.77. The second-order valence-corrected chi connectivity index (χ2v) is 5.38. The first-order valence-electron chi connectivity index (χ1n) is 7.77. The molecule has 98 valence electrons. The third kappa shape index (κ3) is 5.92. The third-order valence-corrected chi connectivity index (χ3v) is 3.93. The minimum absolute atomic E-state index is 1.07. The molecule has 0 spiro atoms. The van der Waals surface area contributed by atoms with Crippen LogP contribution in [-0.2, 0) is 0 Å². The van der Waals surface area contributed by atoms with Gasteiger partial charge in [0.2, 0.25) is 0 Å². The van der Waals surface area contributed by atoms with Crippen molar-refractivity contribution in [1.82, 2.24) is 0 Å². The van der Waals surface area contributed by atoms with Crippen molar-refractivity contribution in [1.29, 1.82) is 0 Å². The maximum Gasteiger partial charge on any atom is -0.0381 e. The SMILES string of the molecule is CC.CC1CC(C2CCC2)C1.CCCCC. The Morgan fingerprint density at radius 1 is 0.875 bits per heavy atom. The van der Waals surface area contributed by atoms with Crippen LogP contribution in [-0.4, -0.2) is 0 Å². The molecular weight excluding hydrogens is 192 g/mol. The lowest BCUT2D eigenvalue weighted by molar-refractivity contribution is 0.0833. The topological polar surface area (TPSA) is 0 Å². The molecule has 0 unspecified atom stereocenters. The Morgan fingerprint density at radius 3 is 1.56 bits per heavy atom. The predicted octanol–water partition coefficient (Wildman–Crippen LogP) is 6.06. The van der Waals surface area contributed by atoms with Crippen LogP contribution in [0.3, 0.4) is 0 Å². The van der Waals surface area contributed by atoms with E-state index in [2.05, 4.69) is 20.8 Å². The molecule has 0 aromatic rings. The monoisotopic (exact) mass is 226 g/mol. The van der Waals surface area contributed by atoms with Gasteiger partial charge in [0.15, 0.2) is 0 Å². The molecular formula is C16H34. The van der Waals surface area contributed by atoms with E-state index in [9.17, 15) is 0 Å². The van der Waals surface area contributed by atoms with Crippen molar-refractivity contribution in [2.45, 2.75) is 86.0 Å². The van der Waals surface area contributed by atoms with Crippen LogP contribution in [0.2, 0.25) is 0 Å². The van der Waals surface area contributed by atoms with Gasteiger partial charge in [-0.25, -0.2) is 0 Å². The van der Waals surface area contributed by atoms with E-state index in [1.807, 2.05) is 13.8 Å². The standard InChI is InChI=1S/C9H16.C5H12.C2H6/c1-7-5-9(6-7)8-3-2-4-8;1-3-5-4-2;1-2/h7-9H,2-6H2,1H3;3-5H2,1-2H3;1-2H3. The van der Waals surface area contributed by atoms with Gasteiger partial charge in [0.25, 0.3) is 0 Å². The Hall–Kier alpha value is 0. The first kappa shape index (κ1) is 16.0. The zero-order valence-electron chi connectivity index (χ0n) is 12.4. The summed E-state index contributed by atoms with van der Waals surface area (Å²) in [5.74, 6) is 3.39. The zero-order valence-corrected chi connectivity index (χ0v) is 12.4. The van der Waals surface area contributed by atoms with Crippen molar-refractivity contribution in [2.75, 3.05) is 0 Å². The molecule has 0 saturated heterocycles. The van der Waals surface area contributed by atoms with Crippen LogP contribution in [0, 0.1) is 17.8 Å². The lowest BCUT2D eigenvalue weighted by atomic mass is 9.63. The quantitative estimate of drug-likeness (QED) is 0.549. The van der Waals surface area contributed by atoms with Gasteiger partial charge in [-0.05, 0) is 30.6 Å². The molecule has 0 heteroatoms. The van der Waals surface area contributed by atoms with Crippen LogP contribution >= 0.6 is 0 Å². The molecule has 2 saturated carbocycles. The fraction of sp³-hybridized carbons (Fsp3) is 1.00. The van der Waals surface area contributed by atoms with Crippen molar-refractivity contribution in [3.05, 3.63) is 0 Å². The zero-order chi connectivity index (χ0) is 12.4. The highest BCUT2D eigenvalue weighted by Gasteiger charge is 2.34. The van der Waals surface area contributed by atoms with E-state index in [1.54, 1.807) is 25.7 Å². The Labute approximate surface area is 104 Å². The van der Waals surface area contributed by atoms with Crippen molar-refractivity contribution in [2.24, 2.45) is 17.8 Å². The highest BCUT2D eigenvalue weighted by molar-refractivity contribution is 4.85. The molecule has 2 aliphatic rings. The van der Waals surface area contributed by atoms with Crippen LogP contribution in [0.1, 0.15) is 86.0 Å². The Bertz CT molecular complexity index is 127. The van der Waals surface area contributed by atoms with Crippen molar-refractivity contribution >= 4 is 0 Å². The number of rotatable bonds is 3. The molecule has 0 radical (unpaired) electrons. The molecule has 0 amide bonds. The molecule has 0 N–H and O–H groups in total. The van der Waals surface area contributed by atoms with E-state index in [0.717, 1.165) is 11.8 Å². The molecule has 2 aliphatic carbocycles. The van der Waals surface area contributed by atoms with Crippen LogP contribution in [0.25, 0.3) is 0 Å². The van der Waals surface area contributed by atoms with Crippen LogP contribution in [0.15, 0.2) is 0 Å². The fourth-order valence-corrected chi connectivity index (χ4v) is 2.61. The van der Waals surface area contributed by atoms with E-state index >= 15 is 0 Å². The van der Waals surface area contributed by atoms with Gasteiger partial charge < -0.3 is 0 Å². The predicted molar refractivity (Wildman–Crippen MR) is 75.8 cm³/mol. The average Bonchev–Trinajstić information content (AvgIpc) is 2.18. The summed E-state index contributed by atoms with van der Waals surface area (Å²) < 4.78 is 0. The van der Waals surface area contributed by atoms with E-state index in [4.69, 9.17) is 0 Å². The Balaban J connectivity index is 0.000000280. The largest absolute Gasteiger partial charge is 0.0683 e. The lowest BCUT2D eigenvalue weighted by Gasteiger charge is -2.43. The summed E-state index contributed by atoms with van der Waals surface area (Å²) in [4.78, 5) is 0. The molecule has 0 bridgehead atoms. The van der Waals surface area contributed by atoms with Gasteiger partial charge in [0.1, 0.15) is 0 Å². The van der Waals surface area contributed by atoms with Crippen molar-refractivity contribution in [3.63, 3.8) is 0 Å². The second-order valence-electron chi connectivity index (χ2n) is 5.38. The second kappa shape index (κ2) is 10.2. The normalized spacial score (nSPS) is 27.6. The third-order valence-electron chi connectivity index (χ3n) is 3.93. The molecule has 2 fully saturated rings. The smallest absolute Gasteiger partial charge is 0.0381 e. The molecule has 0 aromatic carbocycles. The Morgan fingerprint density at radius 2 is 1.38 bits per heavy atom. The fourth-order valence-electron chi connectivity index (χ4n) is 2.61. The van der Waals surface area contributed by atoms with Crippen LogP contribution < -0.4 is 0 Å². The maximum atomic E-state index is 2.38. The lowest BCUT2D eigenvalue weighted by Crippen LogP contribution is -2.32. The molecule has 0 atom stereocenters. The summed E-state index contributed by atoms with van der Waals surface area (Å²) in [6.07, 6.45) is 11.8. The van der Waals surface area contributed by atoms with Gasteiger partial charge in [-0.2, -0.15) is 0 Å². The summed E-state index contributed by atoms with van der Waals surface area (Å²) in [6.45, 7) is 10.8. The van der Waals surface area contributed by atoms with Gasteiger partial charge in [-0.3, -0.25) is 0 Å².